The number of carbonyl (C=O) groups excluding carboxylic acids is 1. The number of hydrogen-bond donors (Lipinski definition) is 1. The predicted molar refractivity (Wildman–Crippen MR) is 98.6 cm³/mol. The van der Waals surface area contributed by atoms with Crippen molar-refractivity contribution >= 4 is 21.6 Å². The first-order chi connectivity index (χ1) is 13.0. The number of fused-ring (bicyclic) bond motifs is 1. The number of rotatable bonds is 5. The van der Waals surface area contributed by atoms with Crippen LogP contribution >= 0.6 is 0 Å². The molecule has 2 aromatic heterocycles. The first kappa shape index (κ1) is 17.6. The summed E-state index contributed by atoms with van der Waals surface area (Å²) in [6.07, 6.45) is 5.01. The molecule has 1 fully saturated rings. The fourth-order valence-electron chi connectivity index (χ4n) is 3.10. The van der Waals surface area contributed by atoms with Crippen LogP contribution in [-0.4, -0.2) is 46.3 Å². The van der Waals surface area contributed by atoms with Gasteiger partial charge in [0.15, 0.2) is 5.65 Å². The zero-order chi connectivity index (χ0) is 18.9. The molecule has 0 unspecified atom stereocenters. The van der Waals surface area contributed by atoms with Gasteiger partial charge < -0.3 is 5.32 Å². The molecule has 0 bridgehead atoms. The third kappa shape index (κ3) is 3.56. The van der Waals surface area contributed by atoms with Crippen LogP contribution in [0.15, 0.2) is 53.8 Å². The molecule has 4 rings (SSSR count). The molecule has 9 heteroatoms. The lowest BCUT2D eigenvalue weighted by molar-refractivity contribution is 0.0950. The molecule has 0 aliphatic carbocycles. The van der Waals surface area contributed by atoms with Crippen molar-refractivity contribution in [2.75, 3.05) is 13.1 Å². The Morgan fingerprint density at radius 2 is 1.81 bits per heavy atom. The number of sulfonamides is 1. The lowest BCUT2D eigenvalue weighted by atomic mass is 10.2. The Morgan fingerprint density at radius 3 is 2.56 bits per heavy atom. The van der Waals surface area contributed by atoms with E-state index in [-0.39, 0.29) is 10.8 Å². The maximum absolute atomic E-state index is 12.5. The number of aromatic nitrogens is 3. The van der Waals surface area contributed by atoms with E-state index in [4.69, 9.17) is 0 Å². The normalized spacial score (nSPS) is 15.3. The molecule has 1 amide bonds. The molecule has 3 aromatic rings. The fourth-order valence-corrected chi connectivity index (χ4v) is 4.62. The fraction of sp³-hybridized carbons (Fsp3) is 0.278. The summed E-state index contributed by atoms with van der Waals surface area (Å²) in [5.74, 6) is -0.223. The van der Waals surface area contributed by atoms with E-state index in [9.17, 15) is 13.2 Å². The van der Waals surface area contributed by atoms with Gasteiger partial charge in [-0.05, 0) is 42.7 Å². The van der Waals surface area contributed by atoms with Crippen LogP contribution < -0.4 is 5.32 Å². The molecule has 3 heterocycles. The predicted octanol–water partition coefficient (Wildman–Crippen LogP) is 1.44. The topological polar surface area (TPSA) is 96.7 Å². The van der Waals surface area contributed by atoms with Crippen molar-refractivity contribution in [2.45, 2.75) is 24.3 Å². The summed E-state index contributed by atoms with van der Waals surface area (Å²) in [6, 6.07) is 10.1. The van der Waals surface area contributed by atoms with E-state index in [1.54, 1.807) is 47.0 Å². The Morgan fingerprint density at radius 1 is 1.07 bits per heavy atom. The summed E-state index contributed by atoms with van der Waals surface area (Å²) in [4.78, 5) is 12.6. The molecule has 1 aliphatic rings. The molecule has 1 aliphatic heterocycles. The van der Waals surface area contributed by atoms with Crippen molar-refractivity contribution < 1.29 is 13.2 Å². The largest absolute Gasteiger partial charge is 0.348 e. The summed E-state index contributed by atoms with van der Waals surface area (Å²) in [5, 5.41) is 10.5. The van der Waals surface area contributed by atoms with Crippen molar-refractivity contribution in [2.24, 2.45) is 0 Å². The first-order valence-corrected chi connectivity index (χ1v) is 10.1. The van der Waals surface area contributed by atoms with Crippen molar-refractivity contribution in [3.63, 3.8) is 0 Å². The summed E-state index contributed by atoms with van der Waals surface area (Å²) >= 11 is 0. The average Bonchev–Trinajstić information content (AvgIpc) is 3.37. The highest BCUT2D eigenvalue weighted by Crippen LogP contribution is 2.21. The van der Waals surface area contributed by atoms with Gasteiger partial charge in [0, 0.05) is 25.8 Å². The second-order valence-electron chi connectivity index (χ2n) is 6.45. The summed E-state index contributed by atoms with van der Waals surface area (Å²) in [5.41, 5.74) is 1.99. The van der Waals surface area contributed by atoms with E-state index < -0.39 is 10.0 Å². The Kier molecular flexibility index (Phi) is 4.63. The highest BCUT2D eigenvalue weighted by atomic mass is 32.2. The van der Waals surface area contributed by atoms with E-state index >= 15 is 0 Å². The minimum Gasteiger partial charge on any atom is -0.348 e. The molecule has 27 heavy (non-hydrogen) atoms. The van der Waals surface area contributed by atoms with E-state index in [2.05, 4.69) is 15.5 Å². The van der Waals surface area contributed by atoms with Gasteiger partial charge in [-0.25, -0.2) is 8.42 Å². The number of nitrogens with one attached hydrogen (secondary N) is 1. The van der Waals surface area contributed by atoms with Crippen LogP contribution in [-0.2, 0) is 16.6 Å². The van der Waals surface area contributed by atoms with Gasteiger partial charge >= 0.3 is 0 Å². The summed E-state index contributed by atoms with van der Waals surface area (Å²) < 4.78 is 28.2. The number of amides is 1. The van der Waals surface area contributed by atoms with Crippen LogP contribution in [0.25, 0.3) is 5.65 Å². The zero-order valence-corrected chi connectivity index (χ0v) is 15.4. The lowest BCUT2D eigenvalue weighted by Crippen LogP contribution is -2.28. The molecule has 0 atom stereocenters. The van der Waals surface area contributed by atoms with Gasteiger partial charge in [-0.2, -0.15) is 4.31 Å². The third-order valence-electron chi connectivity index (χ3n) is 4.63. The van der Waals surface area contributed by atoms with Crippen LogP contribution in [0.3, 0.4) is 0 Å². The molecule has 8 nitrogen and oxygen atoms in total. The van der Waals surface area contributed by atoms with Crippen LogP contribution in [0.1, 0.15) is 28.8 Å². The zero-order valence-electron chi connectivity index (χ0n) is 14.6. The Balaban J connectivity index is 1.41. The van der Waals surface area contributed by atoms with Crippen LogP contribution in [0.5, 0.6) is 0 Å². The highest BCUT2D eigenvalue weighted by molar-refractivity contribution is 7.89. The van der Waals surface area contributed by atoms with Crippen LogP contribution in [0.2, 0.25) is 0 Å². The molecule has 0 spiro atoms. The maximum Gasteiger partial charge on any atom is 0.253 e. The van der Waals surface area contributed by atoms with Crippen molar-refractivity contribution in [3.8, 4) is 0 Å². The van der Waals surface area contributed by atoms with Crippen LogP contribution in [0.4, 0.5) is 0 Å². The Labute approximate surface area is 156 Å². The first-order valence-electron chi connectivity index (χ1n) is 8.71. The smallest absolute Gasteiger partial charge is 0.253 e. The van der Waals surface area contributed by atoms with Gasteiger partial charge in [-0.1, -0.05) is 12.1 Å². The van der Waals surface area contributed by atoms with Gasteiger partial charge in [-0.3, -0.25) is 9.20 Å². The summed E-state index contributed by atoms with van der Waals surface area (Å²) in [7, 11) is -3.41. The molecule has 1 N–H and O–H groups in total. The second-order valence-corrected chi connectivity index (χ2v) is 8.39. The standard InChI is InChI=1S/C18H19N5O3S/c24-18(15-5-8-17-21-20-13-22(17)12-15)19-11-14-3-6-16(7-4-14)27(25,26)23-9-1-2-10-23/h3-8,12-13H,1-2,9-11H2,(H,19,24). The number of hydrogen-bond acceptors (Lipinski definition) is 5. The van der Waals surface area contributed by atoms with Gasteiger partial charge in [0.2, 0.25) is 10.0 Å². The monoisotopic (exact) mass is 385 g/mol. The molecular formula is C18H19N5O3S. The molecule has 1 saturated heterocycles. The molecule has 140 valence electrons. The quantitative estimate of drug-likeness (QED) is 0.717. The van der Waals surface area contributed by atoms with E-state index in [1.165, 1.54) is 10.6 Å². The molecule has 0 saturated carbocycles. The molecular weight excluding hydrogens is 366 g/mol. The Bertz CT molecular complexity index is 1070. The Hall–Kier alpha value is -2.78. The van der Waals surface area contributed by atoms with E-state index in [1.807, 2.05) is 0 Å². The van der Waals surface area contributed by atoms with Gasteiger partial charge in [-0.15, -0.1) is 10.2 Å². The summed E-state index contributed by atoms with van der Waals surface area (Å²) in [6.45, 7) is 1.47. The molecule has 0 radical (unpaired) electrons. The van der Waals surface area contributed by atoms with Crippen molar-refractivity contribution in [3.05, 3.63) is 60.0 Å². The minimum absolute atomic E-state index is 0.223. The molecule has 1 aromatic carbocycles. The van der Waals surface area contributed by atoms with E-state index in [0.717, 1.165) is 18.4 Å². The van der Waals surface area contributed by atoms with Crippen molar-refractivity contribution in [1.29, 1.82) is 0 Å². The van der Waals surface area contributed by atoms with Crippen LogP contribution in [0, 0.1) is 0 Å². The van der Waals surface area contributed by atoms with Crippen molar-refractivity contribution in [1.82, 2.24) is 24.2 Å². The van der Waals surface area contributed by atoms with Gasteiger partial charge in [0.05, 0.1) is 10.5 Å². The van der Waals surface area contributed by atoms with Gasteiger partial charge in [0.1, 0.15) is 6.33 Å². The SMILES string of the molecule is O=C(NCc1ccc(S(=O)(=O)N2CCCC2)cc1)c1ccc2nncn2c1. The average molecular weight is 385 g/mol. The number of pyridine rings is 1. The minimum atomic E-state index is -3.41. The number of benzene rings is 1. The lowest BCUT2D eigenvalue weighted by Gasteiger charge is -2.15. The third-order valence-corrected chi connectivity index (χ3v) is 6.55. The second kappa shape index (κ2) is 7.09. The highest BCUT2D eigenvalue weighted by Gasteiger charge is 2.26. The number of nitrogens with zero attached hydrogens (tertiary/aromatic N) is 4. The van der Waals surface area contributed by atoms with E-state index in [0.29, 0.717) is 30.8 Å². The number of carbonyl (C=O) groups is 1. The maximum atomic E-state index is 12.5. The van der Waals surface area contributed by atoms with Gasteiger partial charge in [0.25, 0.3) is 5.91 Å².